The zero-order valence-corrected chi connectivity index (χ0v) is 9.98. The Kier molecular flexibility index (Phi) is 3.52. The number of azide groups is 1. The molecule has 9 nitrogen and oxygen atoms in total. The number of aromatic nitrogens is 2. The van der Waals surface area contributed by atoms with Crippen LogP contribution in [0, 0.1) is 6.92 Å². The normalized spacial score (nSPS) is 21.9. The summed E-state index contributed by atoms with van der Waals surface area (Å²) in [5, 5.41) is 12.5. The third kappa shape index (κ3) is 2.43. The van der Waals surface area contributed by atoms with Crippen molar-refractivity contribution in [2.24, 2.45) is 5.11 Å². The van der Waals surface area contributed by atoms with Crippen molar-refractivity contribution in [2.45, 2.75) is 19.3 Å². The summed E-state index contributed by atoms with van der Waals surface area (Å²) >= 11 is 0. The molecule has 2 heterocycles. The van der Waals surface area contributed by atoms with Crippen molar-refractivity contribution in [3.05, 3.63) is 54.8 Å². The molecule has 0 aromatic carbocycles. The molecule has 0 amide bonds. The Morgan fingerprint density at radius 2 is 2.37 bits per heavy atom. The van der Waals surface area contributed by atoms with E-state index in [1.54, 1.807) is 0 Å². The van der Waals surface area contributed by atoms with Gasteiger partial charge in [0.15, 0.2) is 6.23 Å². The smallest absolute Gasteiger partial charge is 0.330 e. The van der Waals surface area contributed by atoms with Crippen LogP contribution in [0.2, 0.25) is 0 Å². The molecule has 2 N–H and O–H groups in total. The zero-order valence-electron chi connectivity index (χ0n) is 9.98. The minimum atomic E-state index is -0.962. The number of aryl methyl sites for hydroxylation is 1. The van der Waals surface area contributed by atoms with E-state index in [0.717, 1.165) is 4.57 Å². The summed E-state index contributed by atoms with van der Waals surface area (Å²) in [7, 11) is 0. The molecular formula is C10H11N5O4. The van der Waals surface area contributed by atoms with Crippen molar-refractivity contribution >= 4 is 0 Å². The molecule has 2 atom stereocenters. The predicted molar refractivity (Wildman–Crippen MR) is 64.3 cm³/mol. The number of aliphatic hydroxyl groups excluding tert-OH is 1. The second kappa shape index (κ2) is 5.11. The van der Waals surface area contributed by atoms with Crippen molar-refractivity contribution in [1.82, 2.24) is 9.55 Å². The van der Waals surface area contributed by atoms with Gasteiger partial charge in [0.1, 0.15) is 6.10 Å². The fraction of sp³-hybridized carbons (Fsp3) is 0.400. The summed E-state index contributed by atoms with van der Waals surface area (Å²) in [6.07, 6.45) is 1.12. The molecule has 9 heteroatoms. The van der Waals surface area contributed by atoms with E-state index >= 15 is 0 Å². The van der Waals surface area contributed by atoms with Crippen LogP contribution in [-0.4, -0.2) is 27.4 Å². The van der Waals surface area contributed by atoms with Crippen molar-refractivity contribution < 1.29 is 9.84 Å². The number of H-pyrrole nitrogens is 1. The minimum Gasteiger partial charge on any atom is -0.393 e. The molecule has 0 spiro atoms. The lowest BCUT2D eigenvalue weighted by Crippen LogP contribution is -2.34. The van der Waals surface area contributed by atoms with Gasteiger partial charge in [-0.1, -0.05) is 5.11 Å². The Hall–Kier alpha value is -2.35. The van der Waals surface area contributed by atoms with Gasteiger partial charge in [0.2, 0.25) is 0 Å². The van der Waals surface area contributed by atoms with Crippen LogP contribution in [0.3, 0.4) is 0 Å². The highest BCUT2D eigenvalue weighted by Crippen LogP contribution is 2.28. The van der Waals surface area contributed by atoms with Crippen LogP contribution < -0.4 is 11.2 Å². The second-order valence-corrected chi connectivity index (χ2v) is 3.97. The van der Waals surface area contributed by atoms with Crippen LogP contribution in [0.5, 0.6) is 0 Å². The summed E-state index contributed by atoms with van der Waals surface area (Å²) in [4.78, 5) is 27.8. The first-order chi connectivity index (χ1) is 9.06. The second-order valence-electron chi connectivity index (χ2n) is 3.97. The SMILES string of the molecule is Cc1cn([C@@H]2O[C@H](CO)C=C2N=[N+]=[N-])c(=O)[nH]c1=O. The first kappa shape index (κ1) is 13.1. The van der Waals surface area contributed by atoms with Crippen LogP contribution in [-0.2, 0) is 4.74 Å². The van der Waals surface area contributed by atoms with Gasteiger partial charge in [-0.05, 0) is 18.5 Å². The lowest BCUT2D eigenvalue weighted by molar-refractivity contribution is -0.0149. The Balaban J connectivity index is 2.50. The molecule has 0 aliphatic carbocycles. The summed E-state index contributed by atoms with van der Waals surface area (Å²) in [5.41, 5.74) is 7.77. The number of nitrogens with one attached hydrogen (secondary N) is 1. The quantitative estimate of drug-likeness (QED) is 0.449. The summed E-state index contributed by atoms with van der Waals surface area (Å²) < 4.78 is 6.48. The average Bonchev–Trinajstić information content (AvgIpc) is 2.77. The monoisotopic (exact) mass is 265 g/mol. The number of hydrogen-bond acceptors (Lipinski definition) is 5. The van der Waals surface area contributed by atoms with Gasteiger partial charge in [-0.15, -0.1) is 0 Å². The number of aromatic amines is 1. The van der Waals surface area contributed by atoms with E-state index in [9.17, 15) is 9.59 Å². The van der Waals surface area contributed by atoms with Gasteiger partial charge in [-0.25, -0.2) is 4.79 Å². The summed E-state index contributed by atoms with van der Waals surface area (Å²) in [6, 6.07) is 0. The molecule has 0 unspecified atom stereocenters. The molecule has 0 bridgehead atoms. The van der Waals surface area contributed by atoms with E-state index < -0.39 is 23.6 Å². The predicted octanol–water partition coefficient (Wildman–Crippen LogP) is -0.0711. The first-order valence-corrected chi connectivity index (χ1v) is 5.42. The van der Waals surface area contributed by atoms with E-state index in [-0.39, 0.29) is 12.3 Å². The van der Waals surface area contributed by atoms with Crippen LogP contribution >= 0.6 is 0 Å². The maximum absolute atomic E-state index is 11.7. The van der Waals surface area contributed by atoms with Crippen molar-refractivity contribution in [3.63, 3.8) is 0 Å². The van der Waals surface area contributed by atoms with Crippen molar-refractivity contribution in [1.29, 1.82) is 0 Å². The highest BCUT2D eigenvalue weighted by Gasteiger charge is 2.28. The van der Waals surface area contributed by atoms with Crippen LogP contribution in [0.4, 0.5) is 0 Å². The van der Waals surface area contributed by atoms with Crippen LogP contribution in [0.25, 0.3) is 10.4 Å². The molecule has 0 radical (unpaired) electrons. The third-order valence-electron chi connectivity index (χ3n) is 2.65. The highest BCUT2D eigenvalue weighted by atomic mass is 16.5. The van der Waals surface area contributed by atoms with Gasteiger partial charge in [0, 0.05) is 16.7 Å². The molecular weight excluding hydrogens is 254 g/mol. The number of aliphatic hydroxyl groups is 1. The van der Waals surface area contributed by atoms with Gasteiger partial charge < -0.3 is 9.84 Å². The van der Waals surface area contributed by atoms with Gasteiger partial charge in [0.25, 0.3) is 5.56 Å². The van der Waals surface area contributed by atoms with Gasteiger partial charge in [-0.3, -0.25) is 14.3 Å². The molecule has 19 heavy (non-hydrogen) atoms. The molecule has 100 valence electrons. The summed E-state index contributed by atoms with van der Waals surface area (Å²) in [6.45, 7) is 1.22. The third-order valence-corrected chi connectivity index (χ3v) is 2.65. The Morgan fingerprint density at radius 3 is 3.00 bits per heavy atom. The van der Waals surface area contributed by atoms with E-state index in [4.69, 9.17) is 15.4 Å². The lowest BCUT2D eigenvalue weighted by Gasteiger charge is -2.17. The molecule has 0 fully saturated rings. The Labute approximate surface area is 106 Å². The maximum atomic E-state index is 11.7. The van der Waals surface area contributed by atoms with Crippen LogP contribution in [0.1, 0.15) is 11.8 Å². The fourth-order valence-electron chi connectivity index (χ4n) is 1.75. The fourth-order valence-corrected chi connectivity index (χ4v) is 1.75. The van der Waals surface area contributed by atoms with Gasteiger partial charge in [0.05, 0.1) is 12.3 Å². The largest absolute Gasteiger partial charge is 0.393 e. The summed E-state index contributed by atoms with van der Waals surface area (Å²) in [5.74, 6) is 0. The minimum absolute atomic E-state index is 0.162. The molecule has 1 aromatic heterocycles. The van der Waals surface area contributed by atoms with Crippen LogP contribution in [0.15, 0.2) is 32.7 Å². The van der Waals surface area contributed by atoms with Crippen molar-refractivity contribution in [3.8, 4) is 0 Å². The maximum Gasteiger partial charge on any atom is 0.330 e. The molecule has 1 aliphatic rings. The van der Waals surface area contributed by atoms with E-state index in [2.05, 4.69) is 15.0 Å². The molecule has 1 aliphatic heterocycles. The Bertz CT molecular complexity index is 682. The van der Waals surface area contributed by atoms with Gasteiger partial charge in [-0.2, -0.15) is 0 Å². The topological polar surface area (TPSA) is 133 Å². The van der Waals surface area contributed by atoms with Gasteiger partial charge >= 0.3 is 5.69 Å². The number of hydrogen-bond donors (Lipinski definition) is 2. The lowest BCUT2D eigenvalue weighted by atomic mass is 10.3. The number of rotatable bonds is 3. The number of ether oxygens (including phenoxy) is 1. The van der Waals surface area contributed by atoms with E-state index in [0.29, 0.717) is 5.56 Å². The van der Waals surface area contributed by atoms with E-state index in [1.807, 2.05) is 0 Å². The molecule has 0 saturated carbocycles. The molecule has 2 rings (SSSR count). The number of nitrogens with zero attached hydrogens (tertiary/aromatic N) is 4. The molecule has 1 aromatic rings. The first-order valence-electron chi connectivity index (χ1n) is 5.42. The van der Waals surface area contributed by atoms with Crippen molar-refractivity contribution in [2.75, 3.05) is 6.61 Å². The molecule has 0 saturated heterocycles. The highest BCUT2D eigenvalue weighted by molar-refractivity contribution is 5.15. The standard InChI is InChI=1S/C10H11N5O4/c1-5-3-15(10(18)12-8(5)17)9-7(13-14-11)2-6(4-16)19-9/h2-3,6,9,16H,4H2,1H3,(H,12,17,18)/t6-,9+/m0/s1. The zero-order chi connectivity index (χ0) is 14.0. The Morgan fingerprint density at radius 1 is 1.63 bits per heavy atom. The van der Waals surface area contributed by atoms with E-state index in [1.165, 1.54) is 19.2 Å². The average molecular weight is 265 g/mol.